The number of imidazole rings is 1. The van der Waals surface area contributed by atoms with Crippen LogP contribution in [0, 0.1) is 0 Å². The van der Waals surface area contributed by atoms with Crippen LogP contribution >= 0.6 is 0 Å². The molecule has 0 saturated heterocycles. The van der Waals surface area contributed by atoms with E-state index in [4.69, 9.17) is 9.84 Å². The number of ether oxygens (including phenoxy) is 1. The normalized spacial score (nSPS) is 12.1. The fourth-order valence-electron chi connectivity index (χ4n) is 2.18. The van der Waals surface area contributed by atoms with Crippen molar-refractivity contribution >= 4 is 5.97 Å². The van der Waals surface area contributed by atoms with Gasteiger partial charge in [0.1, 0.15) is 11.6 Å². The average Bonchev–Trinajstić information content (AvgIpc) is 2.82. The number of benzene rings is 1. The minimum absolute atomic E-state index is 0.0226. The summed E-state index contributed by atoms with van der Waals surface area (Å²) in [6.45, 7) is 0. The maximum atomic E-state index is 11.1. The van der Waals surface area contributed by atoms with E-state index in [0.717, 1.165) is 5.56 Å². The lowest BCUT2D eigenvalue weighted by molar-refractivity contribution is -0.137. The number of aryl methyl sites for hydroxylation is 1. The molecular formula is C14H16N2O3. The van der Waals surface area contributed by atoms with Gasteiger partial charge >= 0.3 is 5.97 Å². The zero-order valence-electron chi connectivity index (χ0n) is 10.9. The minimum atomic E-state index is -0.862. The maximum absolute atomic E-state index is 11.1. The lowest BCUT2D eigenvalue weighted by Gasteiger charge is -2.18. The van der Waals surface area contributed by atoms with Crippen LogP contribution in [0.25, 0.3) is 0 Å². The molecule has 5 heteroatoms. The van der Waals surface area contributed by atoms with Crippen molar-refractivity contribution in [1.82, 2.24) is 9.55 Å². The molecule has 0 aliphatic rings. The summed E-state index contributed by atoms with van der Waals surface area (Å²) in [6, 6.07) is 7.43. The van der Waals surface area contributed by atoms with Crippen molar-refractivity contribution in [2.24, 2.45) is 7.05 Å². The van der Waals surface area contributed by atoms with Crippen LogP contribution < -0.4 is 4.74 Å². The Morgan fingerprint density at radius 1 is 1.47 bits per heavy atom. The first kappa shape index (κ1) is 13.1. The molecule has 0 spiro atoms. The molecule has 2 rings (SSSR count). The van der Waals surface area contributed by atoms with E-state index in [1.165, 1.54) is 0 Å². The van der Waals surface area contributed by atoms with Crippen LogP contribution in [0.2, 0.25) is 0 Å². The van der Waals surface area contributed by atoms with Gasteiger partial charge < -0.3 is 14.4 Å². The molecule has 0 fully saturated rings. The summed E-state index contributed by atoms with van der Waals surface area (Å²) in [4.78, 5) is 15.4. The highest BCUT2D eigenvalue weighted by molar-refractivity contribution is 5.69. The summed E-state index contributed by atoms with van der Waals surface area (Å²) in [6.07, 6.45) is 3.45. The first-order chi connectivity index (χ1) is 9.13. The Bertz CT molecular complexity index is 578. The Morgan fingerprint density at radius 3 is 2.79 bits per heavy atom. The number of methoxy groups -OCH3 is 1. The van der Waals surface area contributed by atoms with E-state index < -0.39 is 5.97 Å². The molecule has 1 N–H and O–H groups in total. The SMILES string of the molecule is COc1ccccc1C(CC(=O)O)c1nccn1C. The smallest absolute Gasteiger partial charge is 0.304 e. The predicted molar refractivity (Wildman–Crippen MR) is 70.3 cm³/mol. The molecule has 1 aromatic heterocycles. The van der Waals surface area contributed by atoms with Crippen LogP contribution in [0.3, 0.4) is 0 Å². The zero-order valence-corrected chi connectivity index (χ0v) is 10.9. The Hall–Kier alpha value is -2.30. The second-order valence-corrected chi connectivity index (χ2v) is 4.29. The molecule has 5 nitrogen and oxygen atoms in total. The third kappa shape index (κ3) is 2.76. The summed E-state index contributed by atoms with van der Waals surface area (Å²) in [5, 5.41) is 9.12. The van der Waals surface area contributed by atoms with E-state index in [1.54, 1.807) is 19.5 Å². The first-order valence-electron chi connectivity index (χ1n) is 5.95. The van der Waals surface area contributed by atoms with Gasteiger partial charge in [-0.15, -0.1) is 0 Å². The van der Waals surface area contributed by atoms with Crippen LogP contribution in [-0.2, 0) is 11.8 Å². The van der Waals surface area contributed by atoms with Gasteiger partial charge in [0.25, 0.3) is 0 Å². The third-order valence-corrected chi connectivity index (χ3v) is 3.06. The van der Waals surface area contributed by atoms with Crippen molar-refractivity contribution in [3.05, 3.63) is 48.0 Å². The number of para-hydroxylation sites is 1. The molecule has 0 saturated carbocycles. The van der Waals surface area contributed by atoms with Gasteiger partial charge in [0, 0.05) is 25.0 Å². The van der Waals surface area contributed by atoms with Crippen LogP contribution in [0.5, 0.6) is 5.75 Å². The van der Waals surface area contributed by atoms with E-state index in [9.17, 15) is 4.79 Å². The van der Waals surface area contributed by atoms with Crippen LogP contribution in [0.15, 0.2) is 36.7 Å². The summed E-state index contributed by atoms with van der Waals surface area (Å²) >= 11 is 0. The van der Waals surface area contributed by atoms with Crippen LogP contribution in [0.4, 0.5) is 0 Å². The van der Waals surface area contributed by atoms with Gasteiger partial charge in [-0.2, -0.15) is 0 Å². The molecular weight excluding hydrogens is 244 g/mol. The predicted octanol–water partition coefficient (Wildman–Crippen LogP) is 2.04. The molecule has 100 valence electrons. The lowest BCUT2D eigenvalue weighted by atomic mass is 9.94. The molecule has 0 radical (unpaired) electrons. The Labute approximate surface area is 111 Å². The fraction of sp³-hybridized carbons (Fsp3) is 0.286. The number of nitrogens with zero attached hydrogens (tertiary/aromatic N) is 2. The van der Waals surface area contributed by atoms with Gasteiger partial charge in [-0.05, 0) is 6.07 Å². The quantitative estimate of drug-likeness (QED) is 0.893. The van der Waals surface area contributed by atoms with Gasteiger partial charge in [-0.3, -0.25) is 4.79 Å². The number of aromatic nitrogens is 2. The molecule has 0 amide bonds. The molecule has 0 aliphatic carbocycles. The first-order valence-corrected chi connectivity index (χ1v) is 5.95. The van der Waals surface area contributed by atoms with E-state index >= 15 is 0 Å². The van der Waals surface area contributed by atoms with Gasteiger partial charge in [-0.1, -0.05) is 18.2 Å². The molecule has 1 atom stereocenters. The number of aliphatic carboxylic acids is 1. The average molecular weight is 260 g/mol. The number of hydrogen-bond donors (Lipinski definition) is 1. The van der Waals surface area contributed by atoms with Crippen molar-refractivity contribution < 1.29 is 14.6 Å². The molecule has 0 bridgehead atoms. The highest BCUT2D eigenvalue weighted by atomic mass is 16.5. The molecule has 1 aromatic carbocycles. The van der Waals surface area contributed by atoms with Gasteiger partial charge in [-0.25, -0.2) is 4.98 Å². The molecule has 19 heavy (non-hydrogen) atoms. The summed E-state index contributed by atoms with van der Waals surface area (Å²) in [5.41, 5.74) is 0.835. The fourth-order valence-corrected chi connectivity index (χ4v) is 2.18. The van der Waals surface area contributed by atoms with Crippen molar-refractivity contribution in [1.29, 1.82) is 0 Å². The largest absolute Gasteiger partial charge is 0.496 e. The second kappa shape index (κ2) is 5.56. The highest BCUT2D eigenvalue weighted by Gasteiger charge is 2.24. The molecule has 0 aliphatic heterocycles. The van der Waals surface area contributed by atoms with Crippen LogP contribution in [0.1, 0.15) is 23.7 Å². The van der Waals surface area contributed by atoms with E-state index in [1.807, 2.05) is 35.9 Å². The molecule has 1 unspecified atom stereocenters. The van der Waals surface area contributed by atoms with Gasteiger partial charge in [0.2, 0.25) is 0 Å². The van der Waals surface area contributed by atoms with Gasteiger partial charge in [0.05, 0.1) is 19.4 Å². The van der Waals surface area contributed by atoms with E-state index in [0.29, 0.717) is 11.6 Å². The molecule has 1 heterocycles. The van der Waals surface area contributed by atoms with Crippen molar-refractivity contribution in [2.45, 2.75) is 12.3 Å². The topological polar surface area (TPSA) is 64.3 Å². The number of carboxylic acids is 1. The maximum Gasteiger partial charge on any atom is 0.304 e. The number of carboxylic acid groups (broad SMARTS) is 1. The van der Waals surface area contributed by atoms with Crippen molar-refractivity contribution in [2.75, 3.05) is 7.11 Å². The lowest BCUT2D eigenvalue weighted by Crippen LogP contribution is -2.13. The monoisotopic (exact) mass is 260 g/mol. The highest BCUT2D eigenvalue weighted by Crippen LogP contribution is 2.33. The second-order valence-electron chi connectivity index (χ2n) is 4.29. The minimum Gasteiger partial charge on any atom is -0.496 e. The number of hydrogen-bond acceptors (Lipinski definition) is 3. The Balaban J connectivity index is 2.49. The summed E-state index contributed by atoms with van der Waals surface area (Å²) in [5.74, 6) is 0.205. The van der Waals surface area contributed by atoms with E-state index in [2.05, 4.69) is 4.98 Å². The standard InChI is InChI=1S/C14H16N2O3/c1-16-8-7-15-14(16)11(9-13(17)18)10-5-3-4-6-12(10)19-2/h3-8,11H,9H2,1-2H3,(H,17,18). The Kier molecular flexibility index (Phi) is 3.85. The van der Waals surface area contributed by atoms with E-state index in [-0.39, 0.29) is 12.3 Å². The Morgan fingerprint density at radius 2 is 2.21 bits per heavy atom. The number of rotatable bonds is 5. The van der Waals surface area contributed by atoms with Crippen molar-refractivity contribution in [3.8, 4) is 5.75 Å². The summed E-state index contributed by atoms with van der Waals surface area (Å²) < 4.78 is 7.15. The zero-order chi connectivity index (χ0) is 13.8. The van der Waals surface area contributed by atoms with Crippen LogP contribution in [-0.4, -0.2) is 27.7 Å². The third-order valence-electron chi connectivity index (χ3n) is 3.06. The number of carbonyl (C=O) groups is 1. The van der Waals surface area contributed by atoms with Crippen molar-refractivity contribution in [3.63, 3.8) is 0 Å². The summed E-state index contributed by atoms with van der Waals surface area (Å²) in [7, 11) is 3.43. The molecule has 2 aromatic rings. The van der Waals surface area contributed by atoms with Gasteiger partial charge in [0.15, 0.2) is 0 Å².